The van der Waals surface area contributed by atoms with Crippen molar-refractivity contribution in [1.82, 2.24) is 9.80 Å². The number of hydrogen-bond acceptors (Lipinski definition) is 4. The number of halogens is 1. The lowest BCUT2D eigenvalue weighted by molar-refractivity contribution is 0.344. The van der Waals surface area contributed by atoms with E-state index < -0.39 is 0 Å². The van der Waals surface area contributed by atoms with Crippen LogP contribution in [-0.4, -0.2) is 35.1 Å². The van der Waals surface area contributed by atoms with Crippen LogP contribution < -0.4 is 0 Å². The average molecular weight is 555 g/mol. The number of nitrogens with zero attached hydrogens (tertiary/aromatic N) is 3. The van der Waals surface area contributed by atoms with Crippen LogP contribution in [0.5, 0.6) is 0 Å². The number of aryl methyl sites for hydroxylation is 2. The molecule has 180 valence electrons. The standard InChI is InChI=1S/C31H28BrN3S/c1-20-4-8-22(9-5-20)16-25-17-34(3)18-27-29(25)33-31-35(30(27)24-10-6-21(2)7-11-24)28(19-36-31)23-12-14-26(32)15-13-23/h4-16,19,30H,17-18H2,1-3H3. The maximum Gasteiger partial charge on any atom is 0.174 e. The quantitative estimate of drug-likeness (QED) is 0.329. The number of hydrogen-bond donors (Lipinski definition) is 0. The second-order valence-corrected chi connectivity index (χ2v) is 11.6. The molecule has 6 rings (SSSR count). The van der Waals surface area contributed by atoms with Gasteiger partial charge in [-0.1, -0.05) is 99.5 Å². The fraction of sp³-hybridized carbons (Fsp3) is 0.194. The van der Waals surface area contributed by atoms with Crippen molar-refractivity contribution in [2.75, 3.05) is 20.1 Å². The number of rotatable bonds is 3. The number of likely N-dealkylation sites (N-methyl/N-ethyl adjacent to an activating group) is 1. The molecule has 0 saturated carbocycles. The second-order valence-electron chi connectivity index (χ2n) is 9.83. The van der Waals surface area contributed by atoms with Crippen molar-refractivity contribution in [3.05, 3.63) is 127 Å². The smallest absolute Gasteiger partial charge is 0.174 e. The molecule has 0 amide bonds. The summed E-state index contributed by atoms with van der Waals surface area (Å²) in [5, 5.41) is 3.31. The normalized spacial score (nSPS) is 20.8. The van der Waals surface area contributed by atoms with Crippen LogP contribution in [0.25, 0.3) is 11.8 Å². The fourth-order valence-electron chi connectivity index (χ4n) is 5.16. The number of benzene rings is 3. The van der Waals surface area contributed by atoms with Gasteiger partial charge in [-0.15, -0.1) is 0 Å². The van der Waals surface area contributed by atoms with Crippen LogP contribution in [0.15, 0.2) is 105 Å². The maximum absolute atomic E-state index is 5.31. The number of aliphatic imine (C=N–C) groups is 1. The zero-order chi connectivity index (χ0) is 24.8. The molecule has 0 aliphatic carbocycles. The van der Waals surface area contributed by atoms with Crippen molar-refractivity contribution in [1.29, 1.82) is 0 Å². The number of amidine groups is 1. The highest BCUT2D eigenvalue weighted by molar-refractivity contribution is 9.10. The van der Waals surface area contributed by atoms with Gasteiger partial charge in [0.2, 0.25) is 0 Å². The summed E-state index contributed by atoms with van der Waals surface area (Å²) in [4.78, 5) is 10.2. The zero-order valence-electron chi connectivity index (χ0n) is 20.7. The molecule has 3 nitrogen and oxygen atoms in total. The molecular formula is C31H28BrN3S. The molecule has 1 atom stereocenters. The molecule has 1 unspecified atom stereocenters. The predicted octanol–water partition coefficient (Wildman–Crippen LogP) is 7.81. The summed E-state index contributed by atoms with van der Waals surface area (Å²) in [7, 11) is 2.21. The van der Waals surface area contributed by atoms with Crippen LogP contribution in [-0.2, 0) is 0 Å². The van der Waals surface area contributed by atoms with E-state index >= 15 is 0 Å². The van der Waals surface area contributed by atoms with E-state index in [1.807, 2.05) is 0 Å². The molecule has 0 bridgehead atoms. The van der Waals surface area contributed by atoms with Gasteiger partial charge in [0, 0.05) is 23.0 Å². The van der Waals surface area contributed by atoms with E-state index in [1.54, 1.807) is 11.8 Å². The van der Waals surface area contributed by atoms with Crippen molar-refractivity contribution >= 4 is 44.6 Å². The Hall–Kier alpha value is -2.86. The van der Waals surface area contributed by atoms with Gasteiger partial charge in [0.25, 0.3) is 0 Å². The summed E-state index contributed by atoms with van der Waals surface area (Å²) in [6.07, 6.45) is 2.32. The summed E-state index contributed by atoms with van der Waals surface area (Å²) < 4.78 is 1.09. The third kappa shape index (κ3) is 4.40. The largest absolute Gasteiger partial charge is 0.308 e. The lowest BCUT2D eigenvalue weighted by Crippen LogP contribution is -2.40. The molecule has 0 spiro atoms. The first-order valence-electron chi connectivity index (χ1n) is 12.2. The maximum atomic E-state index is 5.31. The molecular weight excluding hydrogens is 526 g/mol. The summed E-state index contributed by atoms with van der Waals surface area (Å²) in [5.74, 6) is 0. The van der Waals surface area contributed by atoms with Gasteiger partial charge in [0.15, 0.2) is 5.17 Å². The minimum absolute atomic E-state index is 0.0992. The minimum atomic E-state index is 0.0992. The van der Waals surface area contributed by atoms with E-state index in [9.17, 15) is 0 Å². The van der Waals surface area contributed by atoms with Gasteiger partial charge in [0.05, 0.1) is 17.4 Å². The average Bonchev–Trinajstić information content (AvgIpc) is 3.29. The molecule has 5 heteroatoms. The van der Waals surface area contributed by atoms with Crippen LogP contribution in [0.1, 0.15) is 33.9 Å². The number of thioether (sulfide) groups is 1. The van der Waals surface area contributed by atoms with Crippen LogP contribution in [0, 0.1) is 13.8 Å². The highest BCUT2D eigenvalue weighted by Gasteiger charge is 2.41. The minimum Gasteiger partial charge on any atom is -0.308 e. The highest BCUT2D eigenvalue weighted by atomic mass is 79.9. The third-order valence-electron chi connectivity index (χ3n) is 6.98. The Morgan fingerprint density at radius 2 is 1.56 bits per heavy atom. The second kappa shape index (κ2) is 9.55. The first-order valence-corrected chi connectivity index (χ1v) is 13.9. The lowest BCUT2D eigenvalue weighted by atomic mass is 9.87. The Kier molecular flexibility index (Phi) is 6.24. The Labute approximate surface area is 226 Å². The van der Waals surface area contributed by atoms with E-state index in [1.165, 1.54) is 44.7 Å². The Morgan fingerprint density at radius 3 is 2.25 bits per heavy atom. The third-order valence-corrected chi connectivity index (χ3v) is 8.35. The molecule has 0 aromatic heterocycles. The van der Waals surface area contributed by atoms with E-state index in [0.717, 1.165) is 28.4 Å². The van der Waals surface area contributed by atoms with Gasteiger partial charge in [-0.05, 0) is 66.9 Å². The highest BCUT2D eigenvalue weighted by Crippen LogP contribution is 2.49. The van der Waals surface area contributed by atoms with Crippen LogP contribution in [0.4, 0.5) is 0 Å². The molecule has 0 N–H and O–H groups in total. The lowest BCUT2D eigenvalue weighted by Gasteiger charge is -2.42. The van der Waals surface area contributed by atoms with Crippen LogP contribution in [0.3, 0.4) is 0 Å². The number of fused-ring (bicyclic) bond motifs is 1. The summed E-state index contributed by atoms with van der Waals surface area (Å²) in [5.41, 5.74) is 11.3. The molecule has 0 fully saturated rings. The van der Waals surface area contributed by atoms with Gasteiger partial charge >= 0.3 is 0 Å². The summed E-state index contributed by atoms with van der Waals surface area (Å²) in [6.45, 7) is 6.07. The van der Waals surface area contributed by atoms with Crippen molar-refractivity contribution in [2.45, 2.75) is 19.9 Å². The fourth-order valence-corrected chi connectivity index (χ4v) is 6.36. The van der Waals surface area contributed by atoms with Crippen molar-refractivity contribution in [3.8, 4) is 0 Å². The molecule has 3 aromatic carbocycles. The van der Waals surface area contributed by atoms with Gasteiger partial charge in [0.1, 0.15) is 0 Å². The molecule has 3 aromatic rings. The molecule has 0 saturated heterocycles. The van der Waals surface area contributed by atoms with Crippen LogP contribution in [0.2, 0.25) is 0 Å². The van der Waals surface area contributed by atoms with Gasteiger partial charge in [-0.2, -0.15) is 0 Å². The predicted molar refractivity (Wildman–Crippen MR) is 157 cm³/mol. The van der Waals surface area contributed by atoms with Gasteiger partial charge < -0.3 is 4.90 Å². The Bertz CT molecular complexity index is 1430. The zero-order valence-corrected chi connectivity index (χ0v) is 23.1. The summed E-state index contributed by atoms with van der Waals surface area (Å²) in [6, 6.07) is 26.5. The monoisotopic (exact) mass is 553 g/mol. The molecule has 0 radical (unpaired) electrons. The van der Waals surface area contributed by atoms with E-state index in [2.05, 4.69) is 131 Å². The van der Waals surface area contributed by atoms with Gasteiger partial charge in [-0.25, -0.2) is 4.99 Å². The van der Waals surface area contributed by atoms with Crippen molar-refractivity contribution in [2.24, 2.45) is 4.99 Å². The Morgan fingerprint density at radius 1 is 0.889 bits per heavy atom. The topological polar surface area (TPSA) is 18.8 Å². The van der Waals surface area contributed by atoms with Crippen LogP contribution >= 0.6 is 27.7 Å². The Balaban J connectivity index is 1.50. The molecule has 3 aliphatic rings. The molecule has 3 aliphatic heterocycles. The molecule has 3 heterocycles. The van der Waals surface area contributed by atoms with E-state index in [0.29, 0.717) is 0 Å². The summed E-state index contributed by atoms with van der Waals surface area (Å²) >= 11 is 5.32. The van der Waals surface area contributed by atoms with Crippen molar-refractivity contribution < 1.29 is 0 Å². The van der Waals surface area contributed by atoms with Gasteiger partial charge in [-0.3, -0.25) is 4.90 Å². The molecule has 36 heavy (non-hydrogen) atoms. The first-order chi connectivity index (χ1) is 17.5. The van der Waals surface area contributed by atoms with E-state index in [4.69, 9.17) is 4.99 Å². The van der Waals surface area contributed by atoms with Crippen molar-refractivity contribution in [3.63, 3.8) is 0 Å². The SMILES string of the molecule is Cc1ccc(C=C2CN(C)CC3=C2N=C2SC=C(c4ccc(Br)cc4)N2C3c2ccc(C)cc2)cc1. The first kappa shape index (κ1) is 23.5. The van der Waals surface area contributed by atoms with E-state index in [-0.39, 0.29) is 6.04 Å².